The molecule has 3 unspecified atom stereocenters. The van der Waals surface area contributed by atoms with E-state index in [1.807, 2.05) is 32.6 Å². The van der Waals surface area contributed by atoms with E-state index in [0.29, 0.717) is 26.2 Å². The molecule has 0 saturated heterocycles. The van der Waals surface area contributed by atoms with E-state index in [2.05, 4.69) is 0 Å². The van der Waals surface area contributed by atoms with E-state index in [0.717, 1.165) is 0 Å². The molecule has 0 spiro atoms. The number of alkyl halides is 2. The molecule has 0 heterocycles. The van der Waals surface area contributed by atoms with Crippen LogP contribution in [0.1, 0.15) is 34.1 Å². The molecule has 0 saturated carbocycles. The van der Waals surface area contributed by atoms with Crippen molar-refractivity contribution in [1.29, 1.82) is 0 Å². The van der Waals surface area contributed by atoms with Crippen molar-refractivity contribution in [1.82, 2.24) is 4.90 Å². The standard InChI is InChI=1S/C15H33Cl2NO5Si/c1-5-15(24(21-6-2,22-7-3)23-8-4)18(11-13(19)9-16)12-14(20)10-17/h13-15,19-20H,5-12H2,1-4H3. The molecule has 0 aromatic rings. The van der Waals surface area contributed by atoms with Crippen molar-refractivity contribution < 1.29 is 23.5 Å². The Kier molecular flexibility index (Phi) is 14.0. The third-order valence-corrected chi connectivity index (χ3v) is 7.89. The van der Waals surface area contributed by atoms with Crippen molar-refractivity contribution >= 4 is 32.0 Å². The predicted octanol–water partition coefficient (Wildman–Crippen LogP) is 1.85. The number of nitrogens with zero attached hydrogens (tertiary/aromatic N) is 1. The molecule has 24 heavy (non-hydrogen) atoms. The summed E-state index contributed by atoms with van der Waals surface area (Å²) in [4.78, 5) is 1.94. The summed E-state index contributed by atoms with van der Waals surface area (Å²) >= 11 is 11.5. The molecule has 0 aromatic carbocycles. The van der Waals surface area contributed by atoms with Crippen molar-refractivity contribution in [2.75, 3.05) is 44.7 Å². The first-order chi connectivity index (χ1) is 11.4. The van der Waals surface area contributed by atoms with Gasteiger partial charge in [0.05, 0.1) is 17.9 Å². The minimum absolute atomic E-state index is 0.108. The Labute approximate surface area is 157 Å². The van der Waals surface area contributed by atoms with E-state index in [-0.39, 0.29) is 30.5 Å². The highest BCUT2D eigenvalue weighted by atomic mass is 35.5. The van der Waals surface area contributed by atoms with Gasteiger partial charge in [-0.25, -0.2) is 0 Å². The van der Waals surface area contributed by atoms with Crippen molar-refractivity contribution in [2.24, 2.45) is 0 Å². The highest BCUT2D eigenvalue weighted by Crippen LogP contribution is 2.24. The van der Waals surface area contributed by atoms with Crippen molar-refractivity contribution in [3.63, 3.8) is 0 Å². The second kappa shape index (κ2) is 13.7. The first kappa shape index (κ1) is 24.6. The molecule has 6 nitrogen and oxygen atoms in total. The van der Waals surface area contributed by atoms with Gasteiger partial charge in [-0.15, -0.1) is 23.2 Å². The van der Waals surface area contributed by atoms with Gasteiger partial charge in [0.1, 0.15) is 0 Å². The van der Waals surface area contributed by atoms with E-state index in [9.17, 15) is 10.2 Å². The van der Waals surface area contributed by atoms with Gasteiger partial charge in [-0.05, 0) is 27.2 Å². The molecular formula is C15H33Cl2NO5Si. The summed E-state index contributed by atoms with van der Waals surface area (Å²) < 4.78 is 18.0. The Balaban J connectivity index is 5.61. The van der Waals surface area contributed by atoms with Gasteiger partial charge in [-0.3, -0.25) is 4.90 Å². The van der Waals surface area contributed by atoms with Crippen molar-refractivity contribution in [3.8, 4) is 0 Å². The van der Waals surface area contributed by atoms with Crippen LogP contribution in [0.3, 0.4) is 0 Å². The summed E-state index contributed by atoms with van der Waals surface area (Å²) in [6, 6.07) is 0. The van der Waals surface area contributed by atoms with Crippen LogP contribution in [-0.2, 0) is 13.3 Å². The highest BCUT2D eigenvalue weighted by Gasteiger charge is 2.51. The Bertz CT molecular complexity index is 289. The average molecular weight is 406 g/mol. The van der Waals surface area contributed by atoms with Crippen LogP contribution >= 0.6 is 23.2 Å². The molecule has 0 aliphatic heterocycles. The molecule has 0 aromatic heterocycles. The van der Waals surface area contributed by atoms with E-state index < -0.39 is 21.0 Å². The van der Waals surface area contributed by atoms with Crippen molar-refractivity contribution in [2.45, 2.75) is 52.0 Å². The predicted molar refractivity (Wildman–Crippen MR) is 99.7 cm³/mol. The molecule has 0 fully saturated rings. The molecule has 0 amide bonds. The highest BCUT2D eigenvalue weighted by molar-refractivity contribution is 6.62. The quantitative estimate of drug-likeness (QED) is 0.320. The smallest absolute Gasteiger partial charge is 0.391 e. The molecule has 3 atom stereocenters. The van der Waals surface area contributed by atoms with Gasteiger partial charge in [0.25, 0.3) is 0 Å². The lowest BCUT2D eigenvalue weighted by atomic mass is 10.3. The van der Waals surface area contributed by atoms with Gasteiger partial charge in [0.2, 0.25) is 0 Å². The maximum Gasteiger partial charge on any atom is 0.519 e. The molecule has 0 radical (unpaired) electrons. The van der Waals surface area contributed by atoms with Crippen LogP contribution in [-0.4, -0.2) is 86.5 Å². The van der Waals surface area contributed by atoms with E-state index in [1.165, 1.54) is 0 Å². The maximum absolute atomic E-state index is 10.0. The summed E-state index contributed by atoms with van der Waals surface area (Å²) in [5.74, 6) is 0.215. The number of hydrogen-bond acceptors (Lipinski definition) is 6. The maximum atomic E-state index is 10.0. The lowest BCUT2D eigenvalue weighted by molar-refractivity contribution is 0.0115. The number of hydrogen-bond donors (Lipinski definition) is 2. The summed E-state index contributed by atoms with van der Waals surface area (Å²) in [5.41, 5.74) is -0.201. The minimum Gasteiger partial charge on any atom is -0.391 e. The summed E-state index contributed by atoms with van der Waals surface area (Å²) in [6.45, 7) is 9.69. The van der Waals surface area contributed by atoms with E-state index >= 15 is 0 Å². The van der Waals surface area contributed by atoms with Crippen LogP contribution in [0.25, 0.3) is 0 Å². The normalized spacial score (nSPS) is 16.4. The molecule has 0 aliphatic rings. The molecule has 0 rings (SSSR count). The lowest BCUT2D eigenvalue weighted by Gasteiger charge is -2.42. The van der Waals surface area contributed by atoms with Crippen LogP contribution in [0.15, 0.2) is 0 Å². The Hall–Kier alpha value is 0.557. The molecule has 2 N–H and O–H groups in total. The zero-order valence-corrected chi connectivity index (χ0v) is 17.7. The first-order valence-electron chi connectivity index (χ1n) is 8.58. The second-order valence-electron chi connectivity index (χ2n) is 5.40. The molecule has 146 valence electrons. The lowest BCUT2D eigenvalue weighted by Crippen LogP contribution is -2.64. The van der Waals surface area contributed by atoms with E-state index in [4.69, 9.17) is 36.5 Å². The average Bonchev–Trinajstić information content (AvgIpc) is 2.55. The third kappa shape index (κ3) is 7.84. The Morgan fingerprint density at radius 1 is 0.833 bits per heavy atom. The topological polar surface area (TPSA) is 71.4 Å². The van der Waals surface area contributed by atoms with Crippen LogP contribution in [0.5, 0.6) is 0 Å². The van der Waals surface area contributed by atoms with Crippen LogP contribution in [0.2, 0.25) is 0 Å². The van der Waals surface area contributed by atoms with Gasteiger partial charge in [0, 0.05) is 44.7 Å². The molecule has 0 bridgehead atoms. The fraction of sp³-hybridized carbons (Fsp3) is 1.00. The largest absolute Gasteiger partial charge is 0.519 e. The molecular weight excluding hydrogens is 373 g/mol. The van der Waals surface area contributed by atoms with Gasteiger partial charge in [-0.2, -0.15) is 0 Å². The van der Waals surface area contributed by atoms with Gasteiger partial charge >= 0.3 is 8.80 Å². The first-order valence-corrected chi connectivity index (χ1v) is 11.4. The Morgan fingerprint density at radius 3 is 1.46 bits per heavy atom. The number of halogens is 2. The summed E-state index contributed by atoms with van der Waals surface area (Å²) in [5, 5.41) is 20.0. The van der Waals surface area contributed by atoms with E-state index in [1.54, 1.807) is 0 Å². The fourth-order valence-electron chi connectivity index (χ4n) is 2.72. The number of aliphatic hydroxyl groups excluding tert-OH is 2. The van der Waals surface area contributed by atoms with Gasteiger partial charge < -0.3 is 23.5 Å². The fourth-order valence-corrected chi connectivity index (χ4v) is 6.10. The molecule has 0 aliphatic carbocycles. The van der Waals surface area contributed by atoms with Crippen LogP contribution in [0.4, 0.5) is 0 Å². The van der Waals surface area contributed by atoms with Gasteiger partial charge in [0.15, 0.2) is 0 Å². The number of rotatable bonds is 15. The molecule has 9 heteroatoms. The SMILES string of the molecule is CCO[Si](OCC)(OCC)C(CC)N(CC(O)CCl)CC(O)CCl. The summed E-state index contributed by atoms with van der Waals surface area (Å²) in [6.07, 6.45) is -0.754. The zero-order valence-electron chi connectivity index (χ0n) is 15.2. The summed E-state index contributed by atoms with van der Waals surface area (Å²) in [7, 11) is -3.03. The Morgan fingerprint density at radius 2 is 1.21 bits per heavy atom. The van der Waals surface area contributed by atoms with Crippen LogP contribution < -0.4 is 0 Å². The minimum atomic E-state index is -3.03. The number of aliphatic hydroxyl groups is 2. The monoisotopic (exact) mass is 405 g/mol. The third-order valence-electron chi connectivity index (χ3n) is 3.52. The zero-order chi connectivity index (χ0) is 18.6. The van der Waals surface area contributed by atoms with Gasteiger partial charge in [-0.1, -0.05) is 6.92 Å². The van der Waals surface area contributed by atoms with Crippen LogP contribution in [0, 0.1) is 0 Å². The van der Waals surface area contributed by atoms with Crippen molar-refractivity contribution in [3.05, 3.63) is 0 Å². The second-order valence-corrected chi connectivity index (χ2v) is 8.75.